The SMILES string of the molecule is CCCCCCCCCCC(CCCCCCCC)CO[C@@H]([C@H](O)[C@H](O)CO)[C@H](O)COCC(O)CO. The second-order valence-corrected chi connectivity index (χ2v) is 10.7. The molecule has 224 valence electrons. The molecule has 0 heterocycles. The molecule has 0 radical (unpaired) electrons. The van der Waals surface area contributed by atoms with Crippen LogP contribution in [-0.4, -0.2) is 94.2 Å². The van der Waals surface area contributed by atoms with Gasteiger partial charge in [-0.1, -0.05) is 104 Å². The summed E-state index contributed by atoms with van der Waals surface area (Å²) < 4.78 is 11.2. The van der Waals surface area contributed by atoms with Crippen molar-refractivity contribution in [2.45, 2.75) is 147 Å². The van der Waals surface area contributed by atoms with Gasteiger partial charge in [-0.3, -0.25) is 0 Å². The average molecular weight is 537 g/mol. The first-order valence-corrected chi connectivity index (χ1v) is 15.0. The van der Waals surface area contributed by atoms with Crippen molar-refractivity contribution in [2.75, 3.05) is 33.0 Å². The van der Waals surface area contributed by atoms with E-state index in [1.54, 1.807) is 0 Å². The van der Waals surface area contributed by atoms with Crippen LogP contribution in [0.25, 0.3) is 0 Å². The lowest BCUT2D eigenvalue weighted by Crippen LogP contribution is -2.49. The minimum atomic E-state index is -1.48. The molecule has 0 saturated heterocycles. The zero-order valence-corrected chi connectivity index (χ0v) is 23.8. The second kappa shape index (κ2) is 25.9. The van der Waals surface area contributed by atoms with Crippen LogP contribution < -0.4 is 0 Å². The molecule has 0 aromatic carbocycles. The monoisotopic (exact) mass is 536 g/mol. The Morgan fingerprint density at radius 1 is 0.541 bits per heavy atom. The highest BCUT2D eigenvalue weighted by atomic mass is 16.5. The van der Waals surface area contributed by atoms with E-state index in [1.807, 2.05) is 0 Å². The predicted molar refractivity (Wildman–Crippen MR) is 147 cm³/mol. The first kappa shape index (κ1) is 36.7. The number of hydrogen-bond donors (Lipinski definition) is 6. The number of unbranched alkanes of at least 4 members (excludes halogenated alkanes) is 12. The van der Waals surface area contributed by atoms with E-state index < -0.39 is 43.7 Å². The summed E-state index contributed by atoms with van der Waals surface area (Å²) in [6, 6.07) is 0. The Morgan fingerprint density at radius 2 is 1.03 bits per heavy atom. The Labute approximate surface area is 226 Å². The number of hydrogen-bond acceptors (Lipinski definition) is 8. The summed E-state index contributed by atoms with van der Waals surface area (Å²) in [5.41, 5.74) is 0. The molecule has 0 aromatic heterocycles. The van der Waals surface area contributed by atoms with Gasteiger partial charge in [0.25, 0.3) is 0 Å². The third kappa shape index (κ3) is 20.3. The van der Waals surface area contributed by atoms with Crippen LogP contribution >= 0.6 is 0 Å². The van der Waals surface area contributed by atoms with Crippen LogP contribution in [0, 0.1) is 5.92 Å². The fraction of sp³-hybridized carbons (Fsp3) is 1.00. The Bertz CT molecular complexity index is 467. The maximum absolute atomic E-state index is 10.6. The van der Waals surface area contributed by atoms with Crippen LogP contribution in [0.3, 0.4) is 0 Å². The van der Waals surface area contributed by atoms with Crippen LogP contribution in [0.1, 0.15) is 117 Å². The van der Waals surface area contributed by atoms with Crippen LogP contribution in [-0.2, 0) is 9.47 Å². The van der Waals surface area contributed by atoms with Gasteiger partial charge in [0.1, 0.15) is 30.5 Å². The first-order chi connectivity index (χ1) is 17.9. The molecule has 0 aliphatic carbocycles. The van der Waals surface area contributed by atoms with E-state index in [-0.39, 0.29) is 19.1 Å². The number of aliphatic hydroxyl groups excluding tert-OH is 6. The van der Waals surface area contributed by atoms with E-state index in [2.05, 4.69) is 13.8 Å². The second-order valence-electron chi connectivity index (χ2n) is 10.7. The predicted octanol–water partition coefficient (Wildman–Crippen LogP) is 3.71. The molecule has 37 heavy (non-hydrogen) atoms. The van der Waals surface area contributed by atoms with Gasteiger partial charge < -0.3 is 40.1 Å². The van der Waals surface area contributed by atoms with Gasteiger partial charge in [0.05, 0.1) is 33.0 Å². The molecule has 0 amide bonds. The standard InChI is InChI=1S/C29H60O8/c1-3-5-7-9-11-12-14-16-18-24(17-15-13-10-8-6-4-2)21-37-29(28(35)26(33)20-31)27(34)23-36-22-25(32)19-30/h24-35H,3-23H2,1-2H3/t24?,25?,26-,27-,28-,29-/m1/s1. The summed E-state index contributed by atoms with van der Waals surface area (Å²) in [5.74, 6) is 0.288. The van der Waals surface area contributed by atoms with Gasteiger partial charge in [-0.25, -0.2) is 0 Å². The van der Waals surface area contributed by atoms with Gasteiger partial charge in [-0.05, 0) is 18.8 Å². The maximum Gasteiger partial charge on any atom is 0.114 e. The summed E-state index contributed by atoms with van der Waals surface area (Å²) in [7, 11) is 0. The number of aliphatic hydroxyl groups is 6. The topological polar surface area (TPSA) is 140 Å². The van der Waals surface area contributed by atoms with Gasteiger partial charge in [-0.2, -0.15) is 0 Å². The molecule has 6 N–H and O–H groups in total. The normalized spacial score (nSPS) is 16.9. The molecule has 0 aromatic rings. The molecular formula is C29H60O8. The third-order valence-electron chi connectivity index (χ3n) is 7.06. The number of rotatable bonds is 28. The molecule has 0 rings (SSSR count). The molecule has 0 bridgehead atoms. The Morgan fingerprint density at radius 3 is 1.49 bits per heavy atom. The Balaban J connectivity index is 4.84. The lowest BCUT2D eigenvalue weighted by molar-refractivity contribution is -0.161. The van der Waals surface area contributed by atoms with Crippen molar-refractivity contribution < 1.29 is 40.1 Å². The van der Waals surface area contributed by atoms with E-state index in [0.29, 0.717) is 6.61 Å². The first-order valence-electron chi connectivity index (χ1n) is 15.0. The quantitative estimate of drug-likeness (QED) is 0.0832. The van der Waals surface area contributed by atoms with E-state index in [0.717, 1.165) is 25.7 Å². The Kier molecular flexibility index (Phi) is 25.7. The summed E-state index contributed by atoms with van der Waals surface area (Å²) in [5, 5.41) is 58.7. The lowest BCUT2D eigenvalue weighted by atomic mass is 9.94. The van der Waals surface area contributed by atoms with Gasteiger partial charge in [-0.15, -0.1) is 0 Å². The largest absolute Gasteiger partial charge is 0.394 e. The number of ether oxygens (including phenoxy) is 2. The average Bonchev–Trinajstić information content (AvgIpc) is 2.90. The van der Waals surface area contributed by atoms with Gasteiger partial charge in [0, 0.05) is 0 Å². The fourth-order valence-electron chi connectivity index (χ4n) is 4.58. The highest BCUT2D eigenvalue weighted by molar-refractivity contribution is 4.83. The maximum atomic E-state index is 10.6. The van der Waals surface area contributed by atoms with Crippen molar-refractivity contribution in [3.8, 4) is 0 Å². The van der Waals surface area contributed by atoms with E-state index >= 15 is 0 Å². The molecule has 0 aliphatic heterocycles. The van der Waals surface area contributed by atoms with E-state index in [9.17, 15) is 25.5 Å². The van der Waals surface area contributed by atoms with Crippen LogP contribution in [0.2, 0.25) is 0 Å². The molecule has 2 unspecified atom stereocenters. The van der Waals surface area contributed by atoms with Crippen LogP contribution in [0.4, 0.5) is 0 Å². The van der Waals surface area contributed by atoms with Crippen LogP contribution in [0.15, 0.2) is 0 Å². The highest BCUT2D eigenvalue weighted by Crippen LogP contribution is 2.22. The van der Waals surface area contributed by atoms with Crippen molar-refractivity contribution in [1.29, 1.82) is 0 Å². The molecular weight excluding hydrogens is 476 g/mol. The minimum absolute atomic E-state index is 0.169. The highest BCUT2D eigenvalue weighted by Gasteiger charge is 2.33. The molecule has 0 fully saturated rings. The van der Waals surface area contributed by atoms with E-state index in [1.165, 1.54) is 77.0 Å². The zero-order valence-electron chi connectivity index (χ0n) is 23.8. The van der Waals surface area contributed by atoms with E-state index in [4.69, 9.17) is 14.6 Å². The zero-order chi connectivity index (χ0) is 27.7. The van der Waals surface area contributed by atoms with Crippen LogP contribution in [0.5, 0.6) is 0 Å². The van der Waals surface area contributed by atoms with Gasteiger partial charge in [0.15, 0.2) is 0 Å². The molecule has 8 heteroatoms. The Hall–Kier alpha value is -0.320. The summed E-state index contributed by atoms with van der Waals surface area (Å²) in [6.45, 7) is 3.27. The molecule has 0 spiro atoms. The van der Waals surface area contributed by atoms with Crippen molar-refractivity contribution in [2.24, 2.45) is 5.92 Å². The van der Waals surface area contributed by atoms with Gasteiger partial charge >= 0.3 is 0 Å². The smallest absolute Gasteiger partial charge is 0.114 e. The molecule has 0 saturated carbocycles. The van der Waals surface area contributed by atoms with Crippen molar-refractivity contribution in [3.63, 3.8) is 0 Å². The lowest BCUT2D eigenvalue weighted by Gasteiger charge is -2.31. The molecule has 6 atom stereocenters. The molecule has 8 nitrogen and oxygen atoms in total. The van der Waals surface area contributed by atoms with Crippen molar-refractivity contribution >= 4 is 0 Å². The molecule has 0 aliphatic rings. The summed E-state index contributed by atoms with van der Waals surface area (Å²) in [4.78, 5) is 0. The van der Waals surface area contributed by atoms with Crippen molar-refractivity contribution in [3.05, 3.63) is 0 Å². The van der Waals surface area contributed by atoms with Crippen molar-refractivity contribution in [1.82, 2.24) is 0 Å². The third-order valence-corrected chi connectivity index (χ3v) is 7.06. The van der Waals surface area contributed by atoms with Gasteiger partial charge in [0.2, 0.25) is 0 Å². The summed E-state index contributed by atoms with van der Waals surface area (Å²) >= 11 is 0. The summed E-state index contributed by atoms with van der Waals surface area (Å²) in [6.07, 6.45) is 13.0. The fourth-order valence-corrected chi connectivity index (χ4v) is 4.58. The minimum Gasteiger partial charge on any atom is -0.394 e.